The second-order valence-electron chi connectivity index (χ2n) is 8.85. The fraction of sp³-hybridized carbons (Fsp3) is 0.370. The van der Waals surface area contributed by atoms with Gasteiger partial charge in [0.1, 0.15) is 11.6 Å². The molecule has 1 amide bonds. The Bertz CT molecular complexity index is 1110. The van der Waals surface area contributed by atoms with Gasteiger partial charge in [0.05, 0.1) is 17.0 Å². The maximum atomic E-state index is 13.8. The third-order valence-electron chi connectivity index (χ3n) is 6.21. The molecule has 2 aromatic carbocycles. The lowest BCUT2D eigenvalue weighted by Crippen LogP contribution is -2.48. The molecule has 0 fully saturated rings. The van der Waals surface area contributed by atoms with Crippen LogP contribution in [0.4, 0.5) is 8.78 Å². The first-order chi connectivity index (χ1) is 16.4. The molecule has 0 unspecified atom stereocenters. The Morgan fingerprint density at radius 1 is 1.06 bits per heavy atom. The summed E-state index contributed by atoms with van der Waals surface area (Å²) in [6.07, 6.45) is 3.20. The van der Waals surface area contributed by atoms with Crippen molar-refractivity contribution in [2.45, 2.75) is 57.7 Å². The smallest absolute Gasteiger partial charge is 0.261 e. The minimum Gasteiger partial charge on any atom is -0.390 e. The summed E-state index contributed by atoms with van der Waals surface area (Å²) >= 11 is 1.48. The molecule has 34 heavy (non-hydrogen) atoms. The zero-order valence-corrected chi connectivity index (χ0v) is 20.1. The molecule has 0 spiro atoms. The molecule has 0 saturated carbocycles. The van der Waals surface area contributed by atoms with Gasteiger partial charge in [0.2, 0.25) is 0 Å². The summed E-state index contributed by atoms with van der Waals surface area (Å²) in [5, 5.41) is 17.1. The Morgan fingerprint density at radius 3 is 2.56 bits per heavy atom. The van der Waals surface area contributed by atoms with Crippen molar-refractivity contribution in [2.75, 3.05) is 6.54 Å². The van der Waals surface area contributed by atoms with Crippen molar-refractivity contribution in [2.24, 2.45) is 0 Å². The van der Waals surface area contributed by atoms with Gasteiger partial charge in [-0.05, 0) is 72.6 Å². The number of hydrogen-bond donors (Lipinski definition) is 3. The van der Waals surface area contributed by atoms with Gasteiger partial charge in [-0.2, -0.15) is 0 Å². The Morgan fingerprint density at radius 2 is 1.82 bits per heavy atom. The highest BCUT2D eigenvalue weighted by Crippen LogP contribution is 2.30. The van der Waals surface area contributed by atoms with Crippen LogP contribution in [0.2, 0.25) is 0 Å². The molecule has 180 valence electrons. The average molecular weight is 485 g/mol. The summed E-state index contributed by atoms with van der Waals surface area (Å²) in [5.74, 6) is -1.63. The Hall–Kier alpha value is -2.61. The molecule has 4 nitrogen and oxygen atoms in total. The van der Waals surface area contributed by atoms with Gasteiger partial charge >= 0.3 is 0 Å². The molecule has 0 bridgehead atoms. The highest BCUT2D eigenvalue weighted by Gasteiger charge is 2.25. The molecular formula is C27H30F2N2O2S. The number of carbonyl (C=O) groups excluding carboxylic acids is 1. The third-order valence-corrected chi connectivity index (χ3v) is 7.45. The van der Waals surface area contributed by atoms with E-state index in [-0.39, 0.29) is 18.9 Å². The molecule has 1 aliphatic rings. The van der Waals surface area contributed by atoms with Crippen LogP contribution in [0.25, 0.3) is 0 Å². The minimum atomic E-state index is -0.948. The standard InChI is InChI=1S/C27H30F2N2O2S/c1-2-17-5-3-6-18(9-17)15-30-16-24(32)23(12-19-10-21(28)14-22(29)11-19)31-27(33)26-13-20-7-4-8-25(20)34-26/h3,5-6,9-11,13-14,23-24,30,32H,2,4,7-8,12,15-16H2,1H3,(H,31,33)/t23-,24+/m0/s1. The van der Waals surface area contributed by atoms with Gasteiger partial charge in [-0.15, -0.1) is 11.3 Å². The van der Waals surface area contributed by atoms with Crippen molar-refractivity contribution >= 4 is 17.2 Å². The quantitative estimate of drug-likeness (QED) is 0.395. The number of carbonyl (C=O) groups is 1. The van der Waals surface area contributed by atoms with Crippen LogP contribution in [-0.2, 0) is 32.2 Å². The van der Waals surface area contributed by atoms with Crippen LogP contribution in [0.1, 0.15) is 50.1 Å². The molecular weight excluding hydrogens is 454 g/mol. The van der Waals surface area contributed by atoms with Crippen LogP contribution in [0.3, 0.4) is 0 Å². The van der Waals surface area contributed by atoms with Crippen LogP contribution in [-0.4, -0.2) is 29.7 Å². The first-order valence-corrected chi connectivity index (χ1v) is 12.6. The van der Waals surface area contributed by atoms with Crippen molar-refractivity contribution in [3.8, 4) is 0 Å². The molecule has 0 radical (unpaired) electrons. The van der Waals surface area contributed by atoms with Crippen molar-refractivity contribution in [1.29, 1.82) is 0 Å². The molecule has 1 aromatic heterocycles. The summed E-state index contributed by atoms with van der Waals surface area (Å²) in [4.78, 5) is 14.8. The summed E-state index contributed by atoms with van der Waals surface area (Å²) in [7, 11) is 0. The number of aryl methyl sites for hydroxylation is 3. The number of amides is 1. The highest BCUT2D eigenvalue weighted by molar-refractivity contribution is 7.14. The van der Waals surface area contributed by atoms with E-state index in [9.17, 15) is 18.7 Å². The molecule has 3 aromatic rings. The number of rotatable bonds is 10. The second kappa shape index (κ2) is 11.2. The van der Waals surface area contributed by atoms with Gasteiger partial charge in [0, 0.05) is 24.0 Å². The van der Waals surface area contributed by atoms with Crippen molar-refractivity contribution in [3.05, 3.63) is 92.2 Å². The number of aliphatic hydroxyl groups excluding tert-OH is 1. The molecule has 4 rings (SSSR count). The summed E-state index contributed by atoms with van der Waals surface area (Å²) in [6.45, 7) is 2.89. The zero-order chi connectivity index (χ0) is 24.1. The lowest BCUT2D eigenvalue weighted by atomic mass is 10.00. The van der Waals surface area contributed by atoms with E-state index in [0.29, 0.717) is 17.0 Å². The van der Waals surface area contributed by atoms with Crippen molar-refractivity contribution in [3.63, 3.8) is 0 Å². The molecule has 7 heteroatoms. The number of aliphatic hydroxyl groups is 1. The second-order valence-corrected chi connectivity index (χ2v) is 9.98. The summed E-state index contributed by atoms with van der Waals surface area (Å²) in [5.41, 5.74) is 3.94. The topological polar surface area (TPSA) is 61.4 Å². The van der Waals surface area contributed by atoms with E-state index >= 15 is 0 Å². The van der Waals surface area contributed by atoms with Crippen LogP contribution < -0.4 is 10.6 Å². The lowest BCUT2D eigenvalue weighted by molar-refractivity contribution is 0.0833. The van der Waals surface area contributed by atoms with Crippen LogP contribution >= 0.6 is 11.3 Å². The zero-order valence-electron chi connectivity index (χ0n) is 19.2. The number of thiophene rings is 1. The van der Waals surface area contributed by atoms with E-state index in [1.54, 1.807) is 0 Å². The SMILES string of the molecule is CCc1cccc(CNC[C@@H](O)[C@H](Cc2cc(F)cc(F)c2)NC(=O)c2cc3c(s2)CCC3)c1. The molecule has 1 aliphatic carbocycles. The Balaban J connectivity index is 1.44. The fourth-order valence-corrected chi connectivity index (χ4v) is 5.57. The lowest BCUT2D eigenvalue weighted by Gasteiger charge is -2.25. The first kappa shape index (κ1) is 24.5. The maximum Gasteiger partial charge on any atom is 0.261 e. The van der Waals surface area contributed by atoms with E-state index in [1.165, 1.54) is 39.5 Å². The minimum absolute atomic E-state index is 0.111. The molecule has 1 heterocycles. The van der Waals surface area contributed by atoms with Crippen LogP contribution in [0.5, 0.6) is 0 Å². The number of halogens is 2. The Kier molecular flexibility index (Phi) is 8.08. The fourth-order valence-electron chi connectivity index (χ4n) is 4.41. The molecule has 0 saturated heterocycles. The van der Waals surface area contributed by atoms with Crippen molar-refractivity contribution < 1.29 is 18.7 Å². The molecule has 2 atom stereocenters. The largest absolute Gasteiger partial charge is 0.390 e. The maximum absolute atomic E-state index is 13.8. The van der Waals surface area contributed by atoms with Gasteiger partial charge in [-0.1, -0.05) is 31.2 Å². The number of fused-ring (bicyclic) bond motifs is 1. The van der Waals surface area contributed by atoms with Crippen LogP contribution in [0, 0.1) is 11.6 Å². The van der Waals surface area contributed by atoms with Gasteiger partial charge < -0.3 is 15.7 Å². The van der Waals surface area contributed by atoms with Gasteiger partial charge in [-0.3, -0.25) is 4.79 Å². The number of hydrogen-bond acceptors (Lipinski definition) is 4. The number of nitrogens with one attached hydrogen (secondary N) is 2. The normalized spacial score (nSPS) is 14.6. The van der Waals surface area contributed by atoms with Crippen LogP contribution in [0.15, 0.2) is 48.5 Å². The van der Waals surface area contributed by atoms with Gasteiger partial charge in [0.25, 0.3) is 5.91 Å². The van der Waals surface area contributed by atoms with Gasteiger partial charge in [0.15, 0.2) is 0 Å². The molecule has 3 N–H and O–H groups in total. The van der Waals surface area contributed by atoms with E-state index in [2.05, 4.69) is 29.7 Å². The predicted molar refractivity (Wildman–Crippen MR) is 131 cm³/mol. The van der Waals surface area contributed by atoms with E-state index in [0.717, 1.165) is 37.3 Å². The first-order valence-electron chi connectivity index (χ1n) is 11.7. The van der Waals surface area contributed by atoms with Crippen molar-refractivity contribution in [1.82, 2.24) is 10.6 Å². The monoisotopic (exact) mass is 484 g/mol. The average Bonchev–Trinajstić information content (AvgIpc) is 3.40. The number of benzene rings is 2. The van der Waals surface area contributed by atoms with E-state index in [1.807, 2.05) is 18.2 Å². The summed E-state index contributed by atoms with van der Waals surface area (Å²) < 4.78 is 27.5. The molecule has 0 aliphatic heterocycles. The Labute approximate surface area is 203 Å². The predicted octanol–water partition coefficient (Wildman–Crippen LogP) is 4.57. The van der Waals surface area contributed by atoms with E-state index < -0.39 is 23.8 Å². The third kappa shape index (κ3) is 6.29. The summed E-state index contributed by atoms with van der Waals surface area (Å²) in [6, 6.07) is 12.7. The van der Waals surface area contributed by atoms with Gasteiger partial charge in [-0.25, -0.2) is 8.78 Å². The highest BCUT2D eigenvalue weighted by atomic mass is 32.1. The van der Waals surface area contributed by atoms with E-state index in [4.69, 9.17) is 0 Å².